The summed E-state index contributed by atoms with van der Waals surface area (Å²) in [6.45, 7) is 8.17. The van der Waals surface area contributed by atoms with Crippen LogP contribution in [0, 0.1) is 17.3 Å². The molecule has 2 aliphatic rings. The van der Waals surface area contributed by atoms with Gasteiger partial charge in [-0.2, -0.15) is 0 Å². The second-order valence-electron chi connectivity index (χ2n) is 7.54. The van der Waals surface area contributed by atoms with Crippen LogP contribution in [-0.4, -0.2) is 21.4 Å². The number of aliphatic hydroxyl groups is 2. The van der Waals surface area contributed by atoms with Crippen molar-refractivity contribution in [1.82, 2.24) is 0 Å². The van der Waals surface area contributed by atoms with Crippen molar-refractivity contribution in [3.63, 3.8) is 0 Å². The topological polar surface area (TPSA) is 40.5 Å². The molecule has 0 unspecified atom stereocenters. The molecule has 2 N–H and O–H groups in total. The van der Waals surface area contributed by atoms with Crippen molar-refractivity contribution < 1.29 is 10.2 Å². The lowest BCUT2D eigenvalue weighted by molar-refractivity contribution is -0.143. The van der Waals surface area contributed by atoms with Crippen molar-refractivity contribution >= 4 is 0 Å². The summed E-state index contributed by atoms with van der Waals surface area (Å²) in [5.74, 6) is 0.694. The molecule has 0 amide bonds. The Morgan fingerprint density at radius 2 is 1.76 bits per heavy atom. The first-order valence-corrected chi connectivity index (χ1v) is 7.10. The summed E-state index contributed by atoms with van der Waals surface area (Å²) in [6.07, 6.45) is 6.55. The molecule has 0 spiro atoms. The van der Waals surface area contributed by atoms with Gasteiger partial charge in [-0.05, 0) is 70.1 Å². The fraction of sp³-hybridized carbons (Fsp3) is 1.00. The van der Waals surface area contributed by atoms with Crippen molar-refractivity contribution in [2.24, 2.45) is 17.3 Å². The highest BCUT2D eigenvalue weighted by Gasteiger charge is 2.52. The highest BCUT2D eigenvalue weighted by atomic mass is 16.3. The minimum Gasteiger partial charge on any atom is -0.390 e. The first-order valence-electron chi connectivity index (χ1n) is 7.10. The summed E-state index contributed by atoms with van der Waals surface area (Å²) in [7, 11) is 0. The molecule has 2 heteroatoms. The van der Waals surface area contributed by atoms with Gasteiger partial charge in [-0.25, -0.2) is 0 Å². The lowest BCUT2D eigenvalue weighted by Gasteiger charge is -2.55. The Morgan fingerprint density at radius 1 is 1.12 bits per heavy atom. The van der Waals surface area contributed by atoms with Crippen LogP contribution in [0.25, 0.3) is 0 Å². The van der Waals surface area contributed by atoms with Crippen LogP contribution in [0.1, 0.15) is 66.2 Å². The van der Waals surface area contributed by atoms with Gasteiger partial charge < -0.3 is 10.2 Å². The van der Waals surface area contributed by atoms with E-state index in [1.807, 2.05) is 20.8 Å². The van der Waals surface area contributed by atoms with Gasteiger partial charge in [0.1, 0.15) is 0 Å². The number of hydrogen-bond donors (Lipinski definition) is 2. The van der Waals surface area contributed by atoms with E-state index in [1.54, 1.807) is 0 Å². The molecule has 0 radical (unpaired) electrons. The Balaban J connectivity index is 2.20. The summed E-state index contributed by atoms with van der Waals surface area (Å²) >= 11 is 0. The standard InChI is InChI=1S/C15H28O2/c1-13(2,16)11-6-9-14(3)7-5-8-15(4,17)12(14)10-11/h11-12,16-17H,5-10H2,1-4H3/t11-,12+,14-,15-/m1/s1. The fourth-order valence-corrected chi connectivity index (χ4v) is 4.33. The number of fused-ring (bicyclic) bond motifs is 1. The molecule has 0 aliphatic heterocycles. The lowest BCUT2D eigenvalue weighted by atomic mass is 9.52. The van der Waals surface area contributed by atoms with Gasteiger partial charge in [0.2, 0.25) is 0 Å². The molecular weight excluding hydrogens is 212 g/mol. The molecule has 0 aromatic carbocycles. The van der Waals surface area contributed by atoms with Crippen LogP contribution in [-0.2, 0) is 0 Å². The molecule has 2 rings (SSSR count). The van der Waals surface area contributed by atoms with Crippen LogP contribution >= 0.6 is 0 Å². The van der Waals surface area contributed by atoms with Gasteiger partial charge in [-0.1, -0.05) is 13.3 Å². The maximum atomic E-state index is 10.6. The molecule has 4 atom stereocenters. The van der Waals surface area contributed by atoms with Gasteiger partial charge >= 0.3 is 0 Å². The molecule has 0 saturated heterocycles. The third-order valence-corrected chi connectivity index (χ3v) is 5.61. The average molecular weight is 240 g/mol. The van der Waals surface area contributed by atoms with Gasteiger partial charge in [0.15, 0.2) is 0 Å². The monoisotopic (exact) mass is 240 g/mol. The van der Waals surface area contributed by atoms with Crippen molar-refractivity contribution in [3.8, 4) is 0 Å². The van der Waals surface area contributed by atoms with Crippen molar-refractivity contribution in [2.45, 2.75) is 77.4 Å². The van der Waals surface area contributed by atoms with E-state index in [4.69, 9.17) is 0 Å². The minimum atomic E-state index is -0.602. The predicted octanol–water partition coefficient (Wildman–Crippen LogP) is 3.11. The van der Waals surface area contributed by atoms with E-state index in [9.17, 15) is 10.2 Å². The van der Waals surface area contributed by atoms with E-state index in [2.05, 4.69) is 6.92 Å². The van der Waals surface area contributed by atoms with Crippen LogP contribution in [0.5, 0.6) is 0 Å². The summed E-state index contributed by atoms with van der Waals surface area (Å²) < 4.78 is 0. The zero-order valence-corrected chi connectivity index (χ0v) is 11.8. The lowest BCUT2D eigenvalue weighted by Crippen LogP contribution is -2.53. The Bertz CT molecular complexity index is 290. The van der Waals surface area contributed by atoms with E-state index in [1.165, 1.54) is 6.42 Å². The molecule has 100 valence electrons. The van der Waals surface area contributed by atoms with Gasteiger partial charge in [0, 0.05) is 0 Å². The highest BCUT2D eigenvalue weighted by Crippen LogP contribution is 2.56. The largest absolute Gasteiger partial charge is 0.390 e. The van der Waals surface area contributed by atoms with E-state index < -0.39 is 11.2 Å². The molecule has 17 heavy (non-hydrogen) atoms. The molecule has 0 aromatic heterocycles. The normalized spacial score (nSPS) is 47.6. The van der Waals surface area contributed by atoms with Gasteiger partial charge in [0.05, 0.1) is 11.2 Å². The molecule has 2 fully saturated rings. The number of hydrogen-bond acceptors (Lipinski definition) is 2. The Labute approximate surface area is 105 Å². The Kier molecular flexibility index (Phi) is 3.11. The minimum absolute atomic E-state index is 0.295. The number of rotatable bonds is 1. The molecule has 0 aromatic rings. The molecular formula is C15H28O2. The van der Waals surface area contributed by atoms with Gasteiger partial charge in [-0.3, -0.25) is 0 Å². The van der Waals surface area contributed by atoms with E-state index in [-0.39, 0.29) is 0 Å². The quantitative estimate of drug-likeness (QED) is 0.739. The molecule has 0 heterocycles. The SMILES string of the molecule is CC(C)(O)[C@@H]1CC[C@@]2(C)CCC[C@@](C)(O)[C@H]2C1. The van der Waals surface area contributed by atoms with E-state index in [0.29, 0.717) is 17.3 Å². The third-order valence-electron chi connectivity index (χ3n) is 5.61. The average Bonchev–Trinajstić information content (AvgIpc) is 2.14. The Hall–Kier alpha value is -0.0800. The predicted molar refractivity (Wildman–Crippen MR) is 69.7 cm³/mol. The molecule has 2 nitrogen and oxygen atoms in total. The van der Waals surface area contributed by atoms with Crippen molar-refractivity contribution in [2.75, 3.05) is 0 Å². The van der Waals surface area contributed by atoms with E-state index in [0.717, 1.165) is 32.1 Å². The van der Waals surface area contributed by atoms with Gasteiger partial charge in [-0.15, -0.1) is 0 Å². The van der Waals surface area contributed by atoms with Crippen LogP contribution in [0.4, 0.5) is 0 Å². The summed E-state index contributed by atoms with van der Waals surface area (Å²) in [5, 5.41) is 20.8. The summed E-state index contributed by atoms with van der Waals surface area (Å²) in [6, 6.07) is 0. The first kappa shape index (κ1) is 13.4. The highest BCUT2D eigenvalue weighted by molar-refractivity contribution is 5.03. The van der Waals surface area contributed by atoms with Crippen molar-refractivity contribution in [3.05, 3.63) is 0 Å². The van der Waals surface area contributed by atoms with Crippen LogP contribution < -0.4 is 0 Å². The maximum absolute atomic E-state index is 10.6. The molecule has 2 aliphatic carbocycles. The zero-order chi connectivity index (χ0) is 12.9. The fourth-order valence-electron chi connectivity index (χ4n) is 4.33. The Morgan fingerprint density at radius 3 is 2.35 bits per heavy atom. The second kappa shape index (κ2) is 3.96. The summed E-state index contributed by atoms with van der Waals surface area (Å²) in [5.41, 5.74) is -0.838. The smallest absolute Gasteiger partial charge is 0.0653 e. The first-order chi connectivity index (χ1) is 7.65. The molecule has 2 saturated carbocycles. The van der Waals surface area contributed by atoms with Gasteiger partial charge in [0.25, 0.3) is 0 Å². The van der Waals surface area contributed by atoms with Crippen LogP contribution in [0.2, 0.25) is 0 Å². The second-order valence-corrected chi connectivity index (χ2v) is 7.54. The molecule has 0 bridgehead atoms. The van der Waals surface area contributed by atoms with Crippen LogP contribution in [0.15, 0.2) is 0 Å². The van der Waals surface area contributed by atoms with Crippen LogP contribution in [0.3, 0.4) is 0 Å². The summed E-state index contributed by atoms with van der Waals surface area (Å²) in [4.78, 5) is 0. The third kappa shape index (κ3) is 2.39. The van der Waals surface area contributed by atoms with Crippen molar-refractivity contribution in [1.29, 1.82) is 0 Å². The maximum Gasteiger partial charge on any atom is 0.0653 e. The zero-order valence-electron chi connectivity index (χ0n) is 11.8. The van der Waals surface area contributed by atoms with E-state index >= 15 is 0 Å².